The van der Waals surface area contributed by atoms with Crippen LogP contribution in [0.2, 0.25) is 0 Å². The van der Waals surface area contributed by atoms with Crippen LogP contribution in [-0.4, -0.2) is 40.1 Å². The molecule has 2 aromatic rings. The summed E-state index contributed by atoms with van der Waals surface area (Å²) in [5.41, 5.74) is 2.23. The first-order valence-corrected chi connectivity index (χ1v) is 7.63. The lowest BCUT2D eigenvalue weighted by Gasteiger charge is -2.23. The second-order valence-electron chi connectivity index (χ2n) is 6.09. The van der Waals surface area contributed by atoms with Gasteiger partial charge in [-0.15, -0.1) is 0 Å². The molecule has 0 bridgehead atoms. The number of nitrogens with zero attached hydrogens (tertiary/aromatic N) is 3. The Morgan fingerprint density at radius 1 is 1.30 bits per heavy atom. The van der Waals surface area contributed by atoms with E-state index in [4.69, 9.17) is 9.72 Å². The van der Waals surface area contributed by atoms with Gasteiger partial charge in [0.05, 0.1) is 12.3 Å². The lowest BCUT2D eigenvalue weighted by atomic mass is 10.1. The summed E-state index contributed by atoms with van der Waals surface area (Å²) < 4.78 is 7.62. The van der Waals surface area contributed by atoms with Crippen LogP contribution < -0.4 is 0 Å². The maximum atomic E-state index is 5.51. The maximum absolute atomic E-state index is 5.51. The first-order chi connectivity index (χ1) is 9.88. The van der Waals surface area contributed by atoms with Gasteiger partial charge in [-0.1, -0.05) is 6.07 Å². The number of hydrogen-bond donors (Lipinski definition) is 0. The number of ether oxygens (including phenoxy) is 1. The van der Waals surface area contributed by atoms with Crippen molar-refractivity contribution >= 4 is 5.65 Å². The molecule has 2 fully saturated rings. The van der Waals surface area contributed by atoms with Gasteiger partial charge >= 0.3 is 0 Å². The van der Waals surface area contributed by atoms with Crippen LogP contribution in [-0.2, 0) is 11.3 Å². The van der Waals surface area contributed by atoms with Gasteiger partial charge in [-0.2, -0.15) is 0 Å². The van der Waals surface area contributed by atoms with Gasteiger partial charge in [0.2, 0.25) is 0 Å². The minimum absolute atomic E-state index is 0.715. The molecule has 106 valence electrons. The molecule has 2 aliphatic rings. The van der Waals surface area contributed by atoms with Gasteiger partial charge in [0.25, 0.3) is 0 Å². The van der Waals surface area contributed by atoms with Crippen LogP contribution in [0.25, 0.3) is 5.65 Å². The summed E-state index contributed by atoms with van der Waals surface area (Å²) in [7, 11) is 0. The highest BCUT2D eigenvalue weighted by Crippen LogP contribution is 2.30. The van der Waals surface area contributed by atoms with E-state index in [0.29, 0.717) is 5.92 Å². The van der Waals surface area contributed by atoms with Gasteiger partial charge in [0.1, 0.15) is 5.65 Å². The van der Waals surface area contributed by atoms with E-state index >= 15 is 0 Å². The lowest BCUT2D eigenvalue weighted by Crippen LogP contribution is -2.31. The molecule has 1 saturated heterocycles. The molecule has 20 heavy (non-hydrogen) atoms. The van der Waals surface area contributed by atoms with Crippen LogP contribution in [0.4, 0.5) is 0 Å². The number of rotatable bonds is 5. The van der Waals surface area contributed by atoms with E-state index < -0.39 is 0 Å². The zero-order valence-electron chi connectivity index (χ0n) is 11.7. The van der Waals surface area contributed by atoms with E-state index in [2.05, 4.69) is 27.8 Å². The van der Waals surface area contributed by atoms with Gasteiger partial charge in [0, 0.05) is 38.1 Å². The Hall–Kier alpha value is -1.39. The van der Waals surface area contributed by atoms with E-state index in [1.165, 1.54) is 31.5 Å². The minimum Gasteiger partial charge on any atom is -0.381 e. The van der Waals surface area contributed by atoms with Gasteiger partial charge in [-0.05, 0) is 37.3 Å². The molecule has 0 amide bonds. The van der Waals surface area contributed by atoms with Crippen molar-refractivity contribution in [3.05, 3.63) is 36.3 Å². The van der Waals surface area contributed by atoms with Crippen molar-refractivity contribution in [3.63, 3.8) is 0 Å². The molecular weight excluding hydrogens is 250 g/mol. The number of hydrogen-bond acceptors (Lipinski definition) is 3. The number of pyridine rings is 1. The van der Waals surface area contributed by atoms with Crippen molar-refractivity contribution in [1.29, 1.82) is 0 Å². The quantitative estimate of drug-likeness (QED) is 0.836. The third-order valence-corrected chi connectivity index (χ3v) is 4.36. The molecule has 4 rings (SSSR count). The van der Waals surface area contributed by atoms with Crippen LogP contribution in [0.15, 0.2) is 30.6 Å². The largest absolute Gasteiger partial charge is 0.381 e. The fourth-order valence-corrected chi connectivity index (χ4v) is 3.11. The van der Waals surface area contributed by atoms with Crippen molar-refractivity contribution in [1.82, 2.24) is 14.3 Å². The van der Waals surface area contributed by atoms with E-state index in [0.717, 1.165) is 31.4 Å². The molecule has 4 nitrogen and oxygen atoms in total. The topological polar surface area (TPSA) is 29.8 Å². The normalized spacial score (nSPS) is 22.9. The van der Waals surface area contributed by atoms with E-state index in [-0.39, 0.29) is 0 Å². The Labute approximate surface area is 119 Å². The van der Waals surface area contributed by atoms with Gasteiger partial charge < -0.3 is 9.14 Å². The zero-order valence-corrected chi connectivity index (χ0v) is 11.7. The smallest absolute Gasteiger partial charge is 0.137 e. The fraction of sp³-hybridized carbons (Fsp3) is 0.562. The summed E-state index contributed by atoms with van der Waals surface area (Å²) in [6.45, 7) is 4.02. The first kappa shape index (κ1) is 12.4. The summed E-state index contributed by atoms with van der Waals surface area (Å²) in [6.07, 6.45) is 8.14. The molecule has 4 heteroatoms. The average Bonchev–Trinajstić information content (AvgIpc) is 3.03. The number of aromatic nitrogens is 2. The molecule has 0 unspecified atom stereocenters. The van der Waals surface area contributed by atoms with Crippen molar-refractivity contribution in [2.24, 2.45) is 5.92 Å². The minimum atomic E-state index is 0.715. The Kier molecular flexibility index (Phi) is 3.20. The zero-order chi connectivity index (χ0) is 13.4. The van der Waals surface area contributed by atoms with Crippen molar-refractivity contribution in [3.8, 4) is 0 Å². The molecule has 3 heterocycles. The van der Waals surface area contributed by atoms with Crippen LogP contribution in [0.1, 0.15) is 25.0 Å². The molecular formula is C16H21N3O. The Morgan fingerprint density at radius 2 is 2.25 bits per heavy atom. The first-order valence-electron chi connectivity index (χ1n) is 7.63. The van der Waals surface area contributed by atoms with Crippen LogP contribution >= 0.6 is 0 Å². The highest BCUT2D eigenvalue weighted by atomic mass is 16.5. The number of imidazole rings is 1. The third kappa shape index (κ3) is 2.58. The molecule has 0 spiro atoms. The van der Waals surface area contributed by atoms with Gasteiger partial charge in [0.15, 0.2) is 0 Å². The van der Waals surface area contributed by atoms with Crippen LogP contribution in [0, 0.1) is 5.92 Å². The summed E-state index contributed by atoms with van der Waals surface area (Å²) in [5.74, 6) is 0.715. The molecule has 0 radical (unpaired) electrons. The Balaban J connectivity index is 1.49. The third-order valence-electron chi connectivity index (χ3n) is 4.36. The molecule has 0 N–H and O–H groups in total. The lowest BCUT2D eigenvalue weighted by molar-refractivity contribution is 0.161. The highest BCUT2D eigenvalue weighted by Gasteiger charge is 2.31. The second-order valence-corrected chi connectivity index (χ2v) is 6.09. The van der Waals surface area contributed by atoms with E-state index in [1.54, 1.807) is 0 Å². The molecule has 2 aromatic heterocycles. The molecule has 0 aromatic carbocycles. The highest BCUT2D eigenvalue weighted by molar-refractivity contribution is 5.39. The summed E-state index contributed by atoms with van der Waals surface area (Å²) in [4.78, 5) is 7.34. The summed E-state index contributed by atoms with van der Waals surface area (Å²) in [5, 5.41) is 0. The predicted molar refractivity (Wildman–Crippen MR) is 77.6 cm³/mol. The molecule has 1 aliphatic heterocycles. The van der Waals surface area contributed by atoms with Gasteiger partial charge in [-0.25, -0.2) is 4.98 Å². The summed E-state index contributed by atoms with van der Waals surface area (Å²) in [6, 6.07) is 6.93. The van der Waals surface area contributed by atoms with E-state index in [9.17, 15) is 0 Å². The number of fused-ring (bicyclic) bond motifs is 1. The maximum Gasteiger partial charge on any atom is 0.137 e. The predicted octanol–water partition coefficient (Wildman–Crippen LogP) is 2.34. The Morgan fingerprint density at radius 3 is 3.00 bits per heavy atom. The standard InChI is InChI=1S/C16H21N3O/c1-2-7-18-10-14(17-16(18)3-1)11-19(15-4-5-15)9-13-6-8-20-12-13/h1-3,7,10,13,15H,4-6,8-9,11-12H2/t13-/m1/s1. The molecule has 1 atom stereocenters. The van der Waals surface area contributed by atoms with Crippen molar-refractivity contribution in [2.75, 3.05) is 19.8 Å². The van der Waals surface area contributed by atoms with Crippen LogP contribution in [0.3, 0.4) is 0 Å². The molecule has 1 saturated carbocycles. The Bertz CT molecular complexity index is 551. The average molecular weight is 271 g/mol. The van der Waals surface area contributed by atoms with Gasteiger partial charge in [-0.3, -0.25) is 4.90 Å². The SMILES string of the molecule is c1ccn2cc(CN(C[C@H]3CCOC3)C3CC3)nc2c1. The molecule has 1 aliphatic carbocycles. The summed E-state index contributed by atoms with van der Waals surface area (Å²) >= 11 is 0. The fourth-order valence-electron chi connectivity index (χ4n) is 3.11. The monoisotopic (exact) mass is 271 g/mol. The van der Waals surface area contributed by atoms with E-state index in [1.807, 2.05) is 12.1 Å². The van der Waals surface area contributed by atoms with Crippen LogP contribution in [0.5, 0.6) is 0 Å². The van der Waals surface area contributed by atoms with Crippen molar-refractivity contribution in [2.45, 2.75) is 31.8 Å². The van der Waals surface area contributed by atoms with Crippen molar-refractivity contribution < 1.29 is 4.74 Å². The second kappa shape index (κ2) is 5.19.